The van der Waals surface area contributed by atoms with E-state index >= 15 is 0 Å². The van der Waals surface area contributed by atoms with Crippen LogP contribution in [0.1, 0.15) is 16.7 Å². The molecule has 0 spiro atoms. The van der Waals surface area contributed by atoms with Crippen molar-refractivity contribution in [3.63, 3.8) is 0 Å². The number of amides is 1. The highest BCUT2D eigenvalue weighted by molar-refractivity contribution is 9.18. The minimum Gasteiger partial charge on any atom is -0.316 e. The molecular formula is C10H12BrNO. The highest BCUT2D eigenvalue weighted by atomic mass is 79.9. The number of hydrogen-bond donors (Lipinski definition) is 1. The van der Waals surface area contributed by atoms with Gasteiger partial charge in [0.05, 0.1) is 0 Å². The number of halogens is 1. The van der Waals surface area contributed by atoms with Crippen LogP contribution in [-0.2, 0) is 0 Å². The van der Waals surface area contributed by atoms with Crippen molar-refractivity contribution in [3.05, 3.63) is 28.8 Å². The number of rotatable bonds is 1. The molecule has 0 aromatic heterocycles. The number of benzene rings is 1. The summed E-state index contributed by atoms with van der Waals surface area (Å²) in [6, 6.07) is 4.09. The molecule has 0 aliphatic rings. The Labute approximate surface area is 86.5 Å². The second-order valence-electron chi connectivity index (χ2n) is 3.17. The van der Waals surface area contributed by atoms with Crippen LogP contribution >= 0.6 is 15.9 Å². The van der Waals surface area contributed by atoms with Crippen LogP contribution < -0.4 is 5.32 Å². The third kappa shape index (κ3) is 2.56. The van der Waals surface area contributed by atoms with Gasteiger partial charge in [-0.1, -0.05) is 17.7 Å². The Balaban J connectivity index is 3.13. The fourth-order valence-corrected chi connectivity index (χ4v) is 1.67. The zero-order valence-electron chi connectivity index (χ0n) is 7.94. The van der Waals surface area contributed by atoms with Crippen LogP contribution in [-0.4, -0.2) is 4.82 Å². The monoisotopic (exact) mass is 241 g/mol. The summed E-state index contributed by atoms with van der Waals surface area (Å²) in [6.07, 6.45) is 0. The number of carbonyl (C=O) groups excluding carboxylic acids is 1. The van der Waals surface area contributed by atoms with E-state index in [1.807, 2.05) is 32.9 Å². The number of hydrogen-bond acceptors (Lipinski definition) is 1. The van der Waals surface area contributed by atoms with Gasteiger partial charge in [-0.15, -0.1) is 0 Å². The molecule has 1 rings (SSSR count). The molecule has 70 valence electrons. The van der Waals surface area contributed by atoms with E-state index in [4.69, 9.17) is 0 Å². The van der Waals surface area contributed by atoms with E-state index in [2.05, 4.69) is 21.2 Å². The van der Waals surface area contributed by atoms with E-state index in [0.717, 1.165) is 16.8 Å². The van der Waals surface area contributed by atoms with E-state index < -0.39 is 0 Å². The molecule has 0 unspecified atom stereocenters. The lowest BCUT2D eigenvalue weighted by Crippen LogP contribution is -2.04. The fraction of sp³-hybridized carbons (Fsp3) is 0.300. The summed E-state index contributed by atoms with van der Waals surface area (Å²) in [5.74, 6) is 0. The lowest BCUT2D eigenvalue weighted by Gasteiger charge is -2.10. The lowest BCUT2D eigenvalue weighted by molar-refractivity contribution is 0.270. The fourth-order valence-electron chi connectivity index (χ4n) is 1.48. The van der Waals surface area contributed by atoms with Crippen molar-refractivity contribution in [2.24, 2.45) is 0 Å². The Morgan fingerprint density at radius 2 is 1.69 bits per heavy atom. The van der Waals surface area contributed by atoms with Gasteiger partial charge >= 0.3 is 0 Å². The quantitative estimate of drug-likeness (QED) is 0.592. The lowest BCUT2D eigenvalue weighted by atomic mass is 10.1. The van der Waals surface area contributed by atoms with Gasteiger partial charge in [0.25, 0.3) is 4.82 Å². The average molecular weight is 242 g/mol. The summed E-state index contributed by atoms with van der Waals surface area (Å²) in [4.78, 5) is 10.6. The topological polar surface area (TPSA) is 29.1 Å². The molecule has 0 fully saturated rings. The molecule has 13 heavy (non-hydrogen) atoms. The van der Waals surface area contributed by atoms with Crippen LogP contribution in [0.25, 0.3) is 0 Å². The normalized spacial score (nSPS) is 9.85. The van der Waals surface area contributed by atoms with Crippen molar-refractivity contribution in [1.82, 2.24) is 0 Å². The van der Waals surface area contributed by atoms with E-state index in [-0.39, 0.29) is 4.82 Å². The number of aryl methyl sites for hydroxylation is 3. The second-order valence-corrected chi connectivity index (χ2v) is 3.89. The molecule has 0 bridgehead atoms. The number of carbonyl (C=O) groups is 1. The highest BCUT2D eigenvalue weighted by Gasteiger charge is 2.04. The van der Waals surface area contributed by atoms with Crippen LogP contribution in [0, 0.1) is 20.8 Å². The van der Waals surface area contributed by atoms with Gasteiger partial charge < -0.3 is 5.32 Å². The van der Waals surface area contributed by atoms with E-state index in [0.29, 0.717) is 0 Å². The molecule has 2 nitrogen and oxygen atoms in total. The maximum Gasteiger partial charge on any atom is 0.291 e. The van der Waals surface area contributed by atoms with Crippen LogP contribution in [0.5, 0.6) is 0 Å². The Morgan fingerprint density at radius 1 is 1.23 bits per heavy atom. The maximum absolute atomic E-state index is 10.8. The van der Waals surface area contributed by atoms with Crippen molar-refractivity contribution in [1.29, 1.82) is 0 Å². The minimum atomic E-state index is -0.206. The largest absolute Gasteiger partial charge is 0.316 e. The summed E-state index contributed by atoms with van der Waals surface area (Å²) >= 11 is 2.85. The zero-order chi connectivity index (χ0) is 10.0. The molecule has 0 radical (unpaired) electrons. The van der Waals surface area contributed by atoms with Gasteiger partial charge in [0, 0.05) is 21.6 Å². The van der Waals surface area contributed by atoms with Crippen molar-refractivity contribution < 1.29 is 4.79 Å². The Morgan fingerprint density at radius 3 is 2.08 bits per heavy atom. The Kier molecular flexibility index (Phi) is 3.09. The Hall–Kier alpha value is -0.830. The van der Waals surface area contributed by atoms with Gasteiger partial charge in [0.2, 0.25) is 0 Å². The first-order chi connectivity index (χ1) is 6.00. The molecule has 0 aliphatic carbocycles. The molecule has 1 amide bonds. The molecule has 0 heterocycles. The summed E-state index contributed by atoms with van der Waals surface area (Å²) in [5.41, 5.74) is 4.28. The summed E-state index contributed by atoms with van der Waals surface area (Å²) in [5, 5.41) is 2.75. The molecule has 3 heteroatoms. The van der Waals surface area contributed by atoms with Gasteiger partial charge in [-0.3, -0.25) is 4.79 Å². The smallest absolute Gasteiger partial charge is 0.291 e. The molecule has 1 aromatic rings. The van der Waals surface area contributed by atoms with E-state index in [1.54, 1.807) is 0 Å². The molecule has 0 saturated carbocycles. The number of nitrogens with one attached hydrogen (secondary N) is 1. The van der Waals surface area contributed by atoms with Crippen molar-refractivity contribution in [2.45, 2.75) is 20.8 Å². The van der Waals surface area contributed by atoms with Gasteiger partial charge in [-0.2, -0.15) is 0 Å². The molecule has 0 saturated heterocycles. The minimum absolute atomic E-state index is 0.206. The first-order valence-corrected chi connectivity index (χ1v) is 4.84. The molecule has 1 N–H and O–H groups in total. The van der Waals surface area contributed by atoms with Crippen molar-refractivity contribution in [3.8, 4) is 0 Å². The van der Waals surface area contributed by atoms with Gasteiger partial charge in [0.15, 0.2) is 0 Å². The average Bonchev–Trinajstić information content (AvgIpc) is 1.96. The predicted molar refractivity (Wildman–Crippen MR) is 58.6 cm³/mol. The van der Waals surface area contributed by atoms with E-state index in [9.17, 15) is 4.79 Å². The van der Waals surface area contributed by atoms with Crippen LogP contribution in [0.15, 0.2) is 12.1 Å². The maximum atomic E-state index is 10.8. The van der Waals surface area contributed by atoms with Crippen LogP contribution in [0.3, 0.4) is 0 Å². The van der Waals surface area contributed by atoms with Crippen LogP contribution in [0.4, 0.5) is 10.5 Å². The summed E-state index contributed by atoms with van der Waals surface area (Å²) in [6.45, 7) is 6.01. The second kappa shape index (κ2) is 3.92. The van der Waals surface area contributed by atoms with E-state index in [1.165, 1.54) is 5.56 Å². The first kappa shape index (κ1) is 10.3. The third-order valence-electron chi connectivity index (χ3n) is 1.90. The predicted octanol–water partition coefficient (Wildman–Crippen LogP) is 3.54. The van der Waals surface area contributed by atoms with Gasteiger partial charge in [-0.05, 0) is 31.9 Å². The summed E-state index contributed by atoms with van der Waals surface area (Å²) < 4.78 is 0. The molecule has 0 aliphatic heterocycles. The zero-order valence-corrected chi connectivity index (χ0v) is 9.53. The number of anilines is 1. The highest BCUT2D eigenvalue weighted by Crippen LogP contribution is 2.22. The summed E-state index contributed by atoms with van der Waals surface area (Å²) in [7, 11) is 0. The SMILES string of the molecule is Cc1cc(C)c(NC(=O)Br)c(C)c1. The van der Waals surface area contributed by atoms with Crippen molar-refractivity contribution in [2.75, 3.05) is 5.32 Å². The standard InChI is InChI=1S/C10H12BrNO/c1-6-4-7(2)9(8(3)5-6)12-10(11)13/h4-5H,1-3H3,(H,12,13). The Bertz CT molecular complexity index is 324. The van der Waals surface area contributed by atoms with Gasteiger partial charge in [0.1, 0.15) is 0 Å². The molecular weight excluding hydrogens is 230 g/mol. The van der Waals surface area contributed by atoms with Crippen LogP contribution in [0.2, 0.25) is 0 Å². The van der Waals surface area contributed by atoms with Gasteiger partial charge in [-0.25, -0.2) is 0 Å². The molecule has 1 aromatic carbocycles. The molecule has 0 atom stereocenters. The first-order valence-electron chi connectivity index (χ1n) is 4.05. The van der Waals surface area contributed by atoms with Crippen molar-refractivity contribution >= 4 is 26.4 Å². The third-order valence-corrected chi connectivity index (χ3v) is 2.10.